The molecule has 0 bridgehead atoms. The van der Waals surface area contributed by atoms with E-state index >= 15 is 0 Å². The van der Waals surface area contributed by atoms with E-state index in [1.165, 1.54) is 30.3 Å². The van der Waals surface area contributed by atoms with Crippen molar-refractivity contribution in [1.82, 2.24) is 4.90 Å². The van der Waals surface area contributed by atoms with Crippen molar-refractivity contribution in [2.45, 2.75) is 18.6 Å². The van der Waals surface area contributed by atoms with Crippen molar-refractivity contribution in [3.8, 4) is 5.75 Å². The van der Waals surface area contributed by atoms with Crippen LogP contribution in [0.3, 0.4) is 0 Å². The first-order valence-electron chi connectivity index (χ1n) is 8.23. The number of benzene rings is 2. The molecule has 2 aromatic carbocycles. The van der Waals surface area contributed by atoms with Crippen molar-refractivity contribution in [3.05, 3.63) is 65.5 Å². The Kier molecular flexibility index (Phi) is 6.79. The zero-order valence-corrected chi connectivity index (χ0v) is 14.7. The van der Waals surface area contributed by atoms with Crippen molar-refractivity contribution in [2.24, 2.45) is 5.73 Å². The van der Waals surface area contributed by atoms with Gasteiger partial charge in [-0.25, -0.2) is 4.39 Å². The predicted molar refractivity (Wildman–Crippen MR) is 92.5 cm³/mol. The maximum absolute atomic E-state index is 13.4. The van der Waals surface area contributed by atoms with Gasteiger partial charge >= 0.3 is 6.18 Å². The van der Waals surface area contributed by atoms with Gasteiger partial charge in [0.1, 0.15) is 17.6 Å². The van der Waals surface area contributed by atoms with Crippen LogP contribution in [0.1, 0.15) is 23.6 Å². The lowest BCUT2D eigenvalue weighted by molar-refractivity contribution is -0.137. The smallest absolute Gasteiger partial charge is 0.416 e. The van der Waals surface area contributed by atoms with Crippen LogP contribution in [0.25, 0.3) is 0 Å². The Morgan fingerprint density at radius 3 is 2.52 bits per heavy atom. The number of ether oxygens (including phenoxy) is 1. The van der Waals surface area contributed by atoms with E-state index in [4.69, 9.17) is 10.5 Å². The minimum absolute atomic E-state index is 0.115. The molecule has 146 valence electrons. The van der Waals surface area contributed by atoms with Gasteiger partial charge in [0.25, 0.3) is 0 Å². The fourth-order valence-corrected chi connectivity index (χ4v) is 2.71. The highest BCUT2D eigenvalue weighted by molar-refractivity contribution is 5.81. The topological polar surface area (TPSA) is 55.6 Å². The summed E-state index contributed by atoms with van der Waals surface area (Å²) in [5.41, 5.74) is 5.09. The highest BCUT2D eigenvalue weighted by Gasteiger charge is 2.30. The van der Waals surface area contributed by atoms with Gasteiger partial charge in [-0.3, -0.25) is 9.69 Å². The van der Waals surface area contributed by atoms with Crippen LogP contribution in [0.5, 0.6) is 5.75 Å². The molecule has 2 rings (SSSR count). The molecule has 1 unspecified atom stereocenters. The van der Waals surface area contributed by atoms with Gasteiger partial charge in [-0.05, 0) is 49.4 Å². The van der Waals surface area contributed by atoms with Crippen molar-refractivity contribution in [3.63, 3.8) is 0 Å². The number of hydrogen-bond donors (Lipinski definition) is 1. The van der Waals surface area contributed by atoms with Gasteiger partial charge in [-0.1, -0.05) is 18.2 Å². The Labute approximate surface area is 154 Å². The zero-order valence-electron chi connectivity index (χ0n) is 14.7. The van der Waals surface area contributed by atoms with Crippen molar-refractivity contribution in [2.75, 3.05) is 20.2 Å². The van der Waals surface area contributed by atoms with E-state index in [1.54, 1.807) is 18.0 Å². The molecule has 0 spiro atoms. The van der Waals surface area contributed by atoms with Gasteiger partial charge in [-0.2, -0.15) is 13.2 Å². The second-order valence-electron chi connectivity index (χ2n) is 6.07. The summed E-state index contributed by atoms with van der Waals surface area (Å²) in [7, 11) is 1.66. The lowest BCUT2D eigenvalue weighted by atomic mass is 10.0. The first-order valence-corrected chi connectivity index (χ1v) is 8.23. The van der Waals surface area contributed by atoms with Gasteiger partial charge in [0.15, 0.2) is 0 Å². The molecule has 2 aromatic rings. The van der Waals surface area contributed by atoms with Crippen LogP contribution >= 0.6 is 0 Å². The molecule has 0 saturated heterocycles. The van der Waals surface area contributed by atoms with Gasteiger partial charge < -0.3 is 10.5 Å². The predicted octanol–water partition coefficient (Wildman–Crippen LogP) is 3.77. The molecule has 4 nitrogen and oxygen atoms in total. The fraction of sp³-hybridized carbons (Fsp3) is 0.316. The third kappa shape index (κ3) is 5.96. The van der Waals surface area contributed by atoms with Gasteiger partial charge in [-0.15, -0.1) is 0 Å². The molecule has 8 heteroatoms. The highest BCUT2D eigenvalue weighted by Crippen LogP contribution is 2.31. The monoisotopic (exact) mass is 384 g/mol. The number of hydrogen-bond acceptors (Lipinski definition) is 3. The molecule has 0 saturated carbocycles. The number of alkyl halides is 3. The first-order chi connectivity index (χ1) is 12.7. The maximum atomic E-state index is 13.4. The third-order valence-corrected chi connectivity index (χ3v) is 3.96. The largest absolute Gasteiger partial charge is 0.494 e. The molecule has 0 aromatic heterocycles. The summed E-state index contributed by atoms with van der Waals surface area (Å²) >= 11 is 0. The molecule has 1 amide bonds. The van der Waals surface area contributed by atoms with Crippen molar-refractivity contribution < 1.29 is 27.1 Å². The van der Waals surface area contributed by atoms with Gasteiger partial charge in [0.05, 0.1) is 12.2 Å². The third-order valence-electron chi connectivity index (χ3n) is 3.96. The number of halogens is 4. The van der Waals surface area contributed by atoms with E-state index in [9.17, 15) is 22.4 Å². The summed E-state index contributed by atoms with van der Waals surface area (Å²) in [6.07, 6.45) is -3.99. The average molecular weight is 384 g/mol. The summed E-state index contributed by atoms with van der Waals surface area (Å²) in [4.78, 5) is 13.4. The average Bonchev–Trinajstić information content (AvgIpc) is 2.58. The van der Waals surface area contributed by atoms with Crippen LogP contribution in [0.4, 0.5) is 17.6 Å². The van der Waals surface area contributed by atoms with Crippen LogP contribution in [0.15, 0.2) is 48.5 Å². The Balaban J connectivity index is 1.91. The molecule has 27 heavy (non-hydrogen) atoms. The first kappa shape index (κ1) is 20.7. The summed E-state index contributed by atoms with van der Waals surface area (Å²) in [5.74, 6) is -0.981. The van der Waals surface area contributed by atoms with Crippen molar-refractivity contribution in [1.29, 1.82) is 0 Å². The molecule has 0 aliphatic heterocycles. The summed E-state index contributed by atoms with van der Waals surface area (Å²) in [6.45, 7) is 0.531. The van der Waals surface area contributed by atoms with E-state index < -0.39 is 29.5 Å². The Bertz CT molecular complexity index is 780. The second kappa shape index (κ2) is 8.85. The van der Waals surface area contributed by atoms with Crippen LogP contribution in [0, 0.1) is 5.82 Å². The highest BCUT2D eigenvalue weighted by atomic mass is 19.4. The maximum Gasteiger partial charge on any atom is 0.416 e. The number of nitrogens with zero attached hydrogens (tertiary/aromatic N) is 1. The van der Waals surface area contributed by atoms with Gasteiger partial charge in [0.2, 0.25) is 5.91 Å². The molecule has 1 atom stereocenters. The Morgan fingerprint density at radius 1 is 1.19 bits per heavy atom. The second-order valence-corrected chi connectivity index (χ2v) is 6.07. The van der Waals surface area contributed by atoms with Crippen LogP contribution in [-0.4, -0.2) is 31.0 Å². The van der Waals surface area contributed by atoms with E-state index in [0.717, 1.165) is 12.1 Å². The molecule has 0 aliphatic carbocycles. The number of carbonyl (C=O) groups is 1. The number of primary amides is 1. The standard InChI is InChI=1S/C19H20F4N2O2/c1-25(17(18(24)26)13-5-2-7-15(20)11-13)9-4-10-27-16-8-3-6-14(12-16)19(21,22)23/h2-3,5-8,11-12,17H,4,9-10H2,1H3,(H2,24,26). The quantitative estimate of drug-likeness (QED) is 0.557. The molecular weight excluding hydrogens is 364 g/mol. The van der Waals surface area contributed by atoms with Crippen LogP contribution in [0.2, 0.25) is 0 Å². The van der Waals surface area contributed by atoms with Crippen molar-refractivity contribution >= 4 is 5.91 Å². The number of likely N-dealkylation sites (N-methyl/N-ethyl adjacent to an activating group) is 1. The number of rotatable bonds is 8. The normalized spacial score (nSPS) is 12.8. The minimum atomic E-state index is -4.43. The lowest BCUT2D eigenvalue weighted by Crippen LogP contribution is -2.36. The van der Waals surface area contributed by atoms with E-state index in [1.807, 2.05) is 0 Å². The molecule has 0 fully saturated rings. The van der Waals surface area contributed by atoms with E-state index in [2.05, 4.69) is 0 Å². The minimum Gasteiger partial charge on any atom is -0.494 e. The van der Waals surface area contributed by atoms with E-state index in [0.29, 0.717) is 18.5 Å². The number of amides is 1. The van der Waals surface area contributed by atoms with Gasteiger partial charge in [0, 0.05) is 6.54 Å². The summed E-state index contributed by atoms with van der Waals surface area (Å²) in [6, 6.07) is 9.42. The molecule has 2 N–H and O–H groups in total. The zero-order chi connectivity index (χ0) is 20.0. The fourth-order valence-electron chi connectivity index (χ4n) is 2.71. The molecule has 0 radical (unpaired) electrons. The molecule has 0 aliphatic rings. The SMILES string of the molecule is CN(CCCOc1cccc(C(F)(F)F)c1)C(C(N)=O)c1cccc(F)c1. The Morgan fingerprint density at radius 2 is 1.89 bits per heavy atom. The van der Waals surface area contributed by atoms with Crippen LogP contribution in [-0.2, 0) is 11.0 Å². The summed E-state index contributed by atoms with van der Waals surface area (Å²) in [5, 5.41) is 0. The van der Waals surface area contributed by atoms with E-state index in [-0.39, 0.29) is 12.4 Å². The Hall–Kier alpha value is -2.61. The lowest BCUT2D eigenvalue weighted by Gasteiger charge is -2.25. The number of nitrogens with two attached hydrogens (primary N) is 1. The summed E-state index contributed by atoms with van der Waals surface area (Å²) < 4.78 is 56.8. The number of carbonyl (C=O) groups excluding carboxylic acids is 1. The van der Waals surface area contributed by atoms with Crippen LogP contribution < -0.4 is 10.5 Å². The molecule has 0 heterocycles. The molecular formula is C19H20F4N2O2.